The van der Waals surface area contributed by atoms with Gasteiger partial charge < -0.3 is 9.64 Å². The first-order chi connectivity index (χ1) is 12.9. The molecule has 0 aliphatic carbocycles. The standard InChI is InChI=1S/C20H30N2O4S/c1-3-16(2)17-6-8-19(9-7-17)27(24,25)22-12-10-21(11-13-22)20(23)15-18-5-4-14-26-18/h6-9,16,18H,3-5,10-15H2,1-2H3/t16-,18-/m1/s1. The first-order valence-electron chi connectivity index (χ1n) is 9.91. The molecule has 0 aromatic heterocycles. The minimum Gasteiger partial charge on any atom is -0.378 e. The summed E-state index contributed by atoms with van der Waals surface area (Å²) in [5.41, 5.74) is 1.15. The SMILES string of the molecule is CC[C@@H](C)c1ccc(S(=O)(=O)N2CCN(C(=O)C[C@H]3CCCO3)CC2)cc1. The number of sulfonamides is 1. The van der Waals surface area contributed by atoms with Crippen LogP contribution in [0.25, 0.3) is 0 Å². The molecule has 2 heterocycles. The monoisotopic (exact) mass is 394 g/mol. The van der Waals surface area contributed by atoms with Crippen LogP contribution in [-0.4, -0.2) is 62.4 Å². The molecule has 0 N–H and O–H groups in total. The second-order valence-corrected chi connectivity index (χ2v) is 9.44. The number of nitrogens with zero attached hydrogens (tertiary/aromatic N) is 2. The Labute approximate surface area is 162 Å². The van der Waals surface area contributed by atoms with Gasteiger partial charge in [0.15, 0.2) is 0 Å². The van der Waals surface area contributed by atoms with E-state index >= 15 is 0 Å². The lowest BCUT2D eigenvalue weighted by atomic mass is 9.99. The summed E-state index contributed by atoms with van der Waals surface area (Å²) in [5.74, 6) is 0.483. The van der Waals surface area contributed by atoms with Crippen molar-refractivity contribution in [2.75, 3.05) is 32.8 Å². The van der Waals surface area contributed by atoms with Crippen molar-refractivity contribution in [2.24, 2.45) is 0 Å². The molecule has 150 valence electrons. The van der Waals surface area contributed by atoms with Crippen molar-refractivity contribution in [3.8, 4) is 0 Å². The van der Waals surface area contributed by atoms with Crippen LogP contribution in [0.2, 0.25) is 0 Å². The van der Waals surface area contributed by atoms with Gasteiger partial charge in [-0.25, -0.2) is 8.42 Å². The Balaban J connectivity index is 1.58. The van der Waals surface area contributed by atoms with Gasteiger partial charge in [-0.1, -0.05) is 26.0 Å². The van der Waals surface area contributed by atoms with Crippen molar-refractivity contribution in [3.63, 3.8) is 0 Å². The van der Waals surface area contributed by atoms with Gasteiger partial charge in [0.2, 0.25) is 15.9 Å². The van der Waals surface area contributed by atoms with Crippen LogP contribution in [0.15, 0.2) is 29.2 Å². The van der Waals surface area contributed by atoms with Gasteiger partial charge in [-0.15, -0.1) is 0 Å². The van der Waals surface area contributed by atoms with Gasteiger partial charge in [0, 0.05) is 32.8 Å². The molecule has 1 aromatic rings. The molecule has 0 spiro atoms. The molecule has 2 aliphatic heterocycles. The number of amides is 1. The molecule has 0 saturated carbocycles. The van der Waals surface area contributed by atoms with Crippen molar-refractivity contribution < 1.29 is 17.9 Å². The molecule has 2 atom stereocenters. The smallest absolute Gasteiger partial charge is 0.243 e. The van der Waals surface area contributed by atoms with Gasteiger partial charge >= 0.3 is 0 Å². The lowest BCUT2D eigenvalue weighted by Crippen LogP contribution is -2.50. The second-order valence-electron chi connectivity index (χ2n) is 7.50. The van der Waals surface area contributed by atoms with Crippen molar-refractivity contribution in [1.82, 2.24) is 9.21 Å². The van der Waals surface area contributed by atoms with Crippen LogP contribution in [-0.2, 0) is 19.6 Å². The van der Waals surface area contributed by atoms with Crippen LogP contribution < -0.4 is 0 Å². The second kappa shape index (κ2) is 8.71. The van der Waals surface area contributed by atoms with Gasteiger partial charge in [-0.2, -0.15) is 4.31 Å². The fourth-order valence-electron chi connectivity index (χ4n) is 3.66. The minimum absolute atomic E-state index is 0.0308. The zero-order chi connectivity index (χ0) is 19.4. The van der Waals surface area contributed by atoms with Crippen LogP contribution >= 0.6 is 0 Å². The maximum absolute atomic E-state index is 12.9. The molecule has 0 unspecified atom stereocenters. The minimum atomic E-state index is -3.51. The number of hydrogen-bond acceptors (Lipinski definition) is 4. The van der Waals surface area contributed by atoms with E-state index in [4.69, 9.17) is 4.74 Å². The van der Waals surface area contributed by atoms with Crippen molar-refractivity contribution in [1.29, 1.82) is 0 Å². The number of rotatable bonds is 6. The number of carbonyl (C=O) groups excluding carboxylic acids is 1. The summed E-state index contributed by atoms with van der Waals surface area (Å²) in [5, 5.41) is 0. The zero-order valence-corrected chi connectivity index (χ0v) is 17.1. The molecule has 0 bridgehead atoms. The summed E-state index contributed by atoms with van der Waals surface area (Å²) >= 11 is 0. The van der Waals surface area contributed by atoms with Crippen molar-refractivity contribution in [2.45, 2.75) is 56.4 Å². The van der Waals surface area contributed by atoms with Crippen LogP contribution in [0.5, 0.6) is 0 Å². The first-order valence-corrected chi connectivity index (χ1v) is 11.3. The Morgan fingerprint density at radius 1 is 1.19 bits per heavy atom. The van der Waals surface area contributed by atoms with E-state index in [-0.39, 0.29) is 12.0 Å². The number of carbonyl (C=O) groups is 1. The third-order valence-corrected chi connectivity index (χ3v) is 7.63. The molecule has 2 aliphatic rings. The predicted molar refractivity (Wildman–Crippen MR) is 104 cm³/mol. The average molecular weight is 395 g/mol. The largest absolute Gasteiger partial charge is 0.378 e. The molecule has 0 radical (unpaired) electrons. The molecular formula is C20H30N2O4S. The Kier molecular flexibility index (Phi) is 6.55. The molecule has 1 amide bonds. The number of benzene rings is 1. The lowest BCUT2D eigenvalue weighted by Gasteiger charge is -2.34. The van der Waals surface area contributed by atoms with Gasteiger partial charge in [0.1, 0.15) is 0 Å². The average Bonchev–Trinajstić information content (AvgIpc) is 3.20. The summed E-state index contributed by atoms with van der Waals surface area (Å²) in [7, 11) is -3.51. The molecule has 7 heteroatoms. The summed E-state index contributed by atoms with van der Waals surface area (Å²) < 4.78 is 32.8. The maximum Gasteiger partial charge on any atom is 0.243 e. The Hall–Kier alpha value is -1.44. The van der Waals surface area contributed by atoms with Crippen molar-refractivity contribution >= 4 is 15.9 Å². The van der Waals surface area contributed by atoms with Crippen LogP contribution in [0.3, 0.4) is 0 Å². The highest BCUT2D eigenvalue weighted by atomic mass is 32.2. The van der Waals surface area contributed by atoms with Gasteiger partial charge in [0.05, 0.1) is 17.4 Å². The highest BCUT2D eigenvalue weighted by Crippen LogP contribution is 2.23. The highest BCUT2D eigenvalue weighted by Gasteiger charge is 2.31. The normalized spacial score (nSPS) is 22.7. The maximum atomic E-state index is 12.9. The molecule has 6 nitrogen and oxygen atoms in total. The molecule has 2 saturated heterocycles. The van der Waals surface area contributed by atoms with E-state index < -0.39 is 10.0 Å². The van der Waals surface area contributed by atoms with E-state index in [0.29, 0.717) is 43.4 Å². The predicted octanol–water partition coefficient (Wildman–Crippen LogP) is 2.60. The fourth-order valence-corrected chi connectivity index (χ4v) is 5.08. The molecular weight excluding hydrogens is 364 g/mol. The van der Waals surface area contributed by atoms with Crippen LogP contribution in [0.4, 0.5) is 0 Å². The highest BCUT2D eigenvalue weighted by molar-refractivity contribution is 7.89. The third kappa shape index (κ3) is 4.70. The third-order valence-electron chi connectivity index (χ3n) is 5.72. The summed E-state index contributed by atoms with van der Waals surface area (Å²) in [6.07, 6.45) is 3.41. The Morgan fingerprint density at radius 2 is 1.85 bits per heavy atom. The Bertz CT molecular complexity index is 734. The topological polar surface area (TPSA) is 66.9 Å². The zero-order valence-electron chi connectivity index (χ0n) is 16.3. The fraction of sp³-hybridized carbons (Fsp3) is 0.650. The Morgan fingerprint density at radius 3 is 2.41 bits per heavy atom. The van der Waals surface area contributed by atoms with Crippen molar-refractivity contribution in [3.05, 3.63) is 29.8 Å². The molecule has 1 aromatic carbocycles. The summed E-state index contributed by atoms with van der Waals surface area (Å²) in [6, 6.07) is 7.21. The number of piperazine rings is 1. The van der Waals surface area contributed by atoms with E-state index in [9.17, 15) is 13.2 Å². The summed E-state index contributed by atoms with van der Waals surface area (Å²) in [4.78, 5) is 14.5. The number of hydrogen-bond donors (Lipinski definition) is 0. The van der Waals surface area contributed by atoms with Gasteiger partial charge in [0.25, 0.3) is 0 Å². The van der Waals surface area contributed by atoms with E-state index in [0.717, 1.165) is 31.4 Å². The molecule has 27 heavy (non-hydrogen) atoms. The van der Waals surface area contributed by atoms with Gasteiger partial charge in [-0.05, 0) is 42.9 Å². The lowest BCUT2D eigenvalue weighted by molar-refractivity contribution is -0.134. The van der Waals surface area contributed by atoms with Gasteiger partial charge in [-0.3, -0.25) is 4.79 Å². The number of ether oxygens (including phenoxy) is 1. The summed E-state index contributed by atoms with van der Waals surface area (Å²) in [6.45, 7) is 6.55. The van der Waals surface area contributed by atoms with E-state index in [1.165, 1.54) is 4.31 Å². The molecule has 2 fully saturated rings. The van der Waals surface area contributed by atoms with E-state index in [1.54, 1.807) is 17.0 Å². The van der Waals surface area contributed by atoms with E-state index in [2.05, 4.69) is 13.8 Å². The van der Waals surface area contributed by atoms with Crippen LogP contribution in [0, 0.1) is 0 Å². The molecule has 3 rings (SSSR count). The first kappa shape index (κ1) is 20.3. The van der Waals surface area contributed by atoms with Crippen LogP contribution in [0.1, 0.15) is 51.0 Å². The van der Waals surface area contributed by atoms with E-state index in [1.807, 2.05) is 12.1 Å². The quantitative estimate of drug-likeness (QED) is 0.744.